The number of nitriles is 1. The Bertz CT molecular complexity index is 337. The van der Waals surface area contributed by atoms with E-state index in [1.54, 1.807) is 6.92 Å². The zero-order valence-electron chi connectivity index (χ0n) is 12.0. The molecule has 0 radical (unpaired) electrons. The molecular formula is C15H25NO2. The number of carbonyl (C=O) groups is 1. The van der Waals surface area contributed by atoms with Gasteiger partial charge in [0.15, 0.2) is 0 Å². The van der Waals surface area contributed by atoms with Gasteiger partial charge in [0, 0.05) is 5.57 Å². The van der Waals surface area contributed by atoms with Crippen molar-refractivity contribution in [1.82, 2.24) is 0 Å². The van der Waals surface area contributed by atoms with Gasteiger partial charge in [-0.3, -0.25) is 4.79 Å². The van der Waals surface area contributed by atoms with Gasteiger partial charge in [-0.25, -0.2) is 0 Å². The molecule has 0 spiro atoms. The predicted octanol–water partition coefficient (Wildman–Crippen LogP) is 4.15. The highest BCUT2D eigenvalue weighted by molar-refractivity contribution is 5.70. The second-order valence-electron chi connectivity index (χ2n) is 5.55. The topological polar surface area (TPSA) is 61.1 Å². The number of carboxylic acid groups (broad SMARTS) is 1. The summed E-state index contributed by atoms with van der Waals surface area (Å²) in [6.45, 7) is 7.72. The van der Waals surface area contributed by atoms with Crippen LogP contribution >= 0.6 is 0 Å². The van der Waals surface area contributed by atoms with Gasteiger partial charge in [-0.05, 0) is 24.7 Å². The Kier molecular flexibility index (Phi) is 7.35. The molecule has 0 heterocycles. The van der Waals surface area contributed by atoms with Crippen LogP contribution in [0.5, 0.6) is 0 Å². The van der Waals surface area contributed by atoms with E-state index < -0.39 is 11.9 Å². The molecule has 0 saturated carbocycles. The highest BCUT2D eigenvalue weighted by atomic mass is 16.4. The molecule has 0 fully saturated rings. The summed E-state index contributed by atoms with van der Waals surface area (Å²) in [5.74, 6) is -1.19. The molecule has 0 rings (SSSR count). The fourth-order valence-electron chi connectivity index (χ4n) is 1.67. The molecule has 18 heavy (non-hydrogen) atoms. The third-order valence-corrected chi connectivity index (χ3v) is 3.61. The van der Waals surface area contributed by atoms with Crippen LogP contribution in [0.4, 0.5) is 0 Å². The predicted molar refractivity (Wildman–Crippen MR) is 73.0 cm³/mol. The number of aliphatic carboxylic acids is 1. The van der Waals surface area contributed by atoms with E-state index in [0.717, 1.165) is 31.3 Å². The first-order valence-corrected chi connectivity index (χ1v) is 6.67. The van der Waals surface area contributed by atoms with Crippen LogP contribution in [0.2, 0.25) is 0 Å². The van der Waals surface area contributed by atoms with Crippen LogP contribution in [0.25, 0.3) is 0 Å². The van der Waals surface area contributed by atoms with Crippen LogP contribution in [0.3, 0.4) is 0 Å². The molecule has 1 unspecified atom stereocenters. The lowest BCUT2D eigenvalue weighted by molar-refractivity contribution is -0.144. The summed E-state index contributed by atoms with van der Waals surface area (Å²) in [4.78, 5) is 11.0. The van der Waals surface area contributed by atoms with Crippen molar-refractivity contribution in [3.05, 3.63) is 11.6 Å². The van der Waals surface area contributed by atoms with Crippen LogP contribution < -0.4 is 0 Å². The van der Waals surface area contributed by atoms with Gasteiger partial charge in [-0.15, -0.1) is 0 Å². The Labute approximate surface area is 111 Å². The van der Waals surface area contributed by atoms with Crippen LogP contribution in [-0.2, 0) is 4.79 Å². The molecule has 0 aromatic rings. The minimum Gasteiger partial charge on any atom is -0.481 e. The SMILES string of the molecule is CCCCC/C(C#N)=C/CC(C)(C)C(C)C(=O)O. The van der Waals surface area contributed by atoms with E-state index in [2.05, 4.69) is 13.0 Å². The molecule has 1 N–H and O–H groups in total. The zero-order chi connectivity index (χ0) is 14.2. The number of unbranched alkanes of at least 4 members (excludes halogenated alkanes) is 2. The van der Waals surface area contributed by atoms with Crippen LogP contribution in [0, 0.1) is 22.7 Å². The Morgan fingerprint density at radius 1 is 1.44 bits per heavy atom. The number of nitrogens with zero attached hydrogens (tertiary/aromatic N) is 1. The monoisotopic (exact) mass is 251 g/mol. The summed E-state index contributed by atoms with van der Waals surface area (Å²) < 4.78 is 0. The van der Waals surface area contributed by atoms with Gasteiger partial charge in [0.05, 0.1) is 12.0 Å². The summed E-state index contributed by atoms with van der Waals surface area (Å²) in [7, 11) is 0. The summed E-state index contributed by atoms with van der Waals surface area (Å²) in [6.07, 6.45) is 6.66. The number of allylic oxidation sites excluding steroid dienone is 2. The van der Waals surface area contributed by atoms with Crippen molar-refractivity contribution < 1.29 is 9.90 Å². The molecule has 102 valence electrons. The second-order valence-corrected chi connectivity index (χ2v) is 5.55. The van der Waals surface area contributed by atoms with Gasteiger partial charge >= 0.3 is 5.97 Å². The Balaban J connectivity index is 4.48. The van der Waals surface area contributed by atoms with Crippen molar-refractivity contribution in [1.29, 1.82) is 5.26 Å². The molecule has 0 bridgehead atoms. The maximum Gasteiger partial charge on any atom is 0.306 e. The molecule has 0 saturated heterocycles. The van der Waals surface area contributed by atoms with E-state index in [4.69, 9.17) is 10.4 Å². The minimum atomic E-state index is -0.780. The average molecular weight is 251 g/mol. The third-order valence-electron chi connectivity index (χ3n) is 3.61. The number of hydrogen-bond acceptors (Lipinski definition) is 2. The molecule has 3 nitrogen and oxygen atoms in total. The van der Waals surface area contributed by atoms with Gasteiger partial charge in [0.1, 0.15) is 0 Å². The first kappa shape index (κ1) is 16.7. The van der Waals surface area contributed by atoms with Gasteiger partial charge < -0.3 is 5.11 Å². The second kappa shape index (κ2) is 7.92. The quantitative estimate of drug-likeness (QED) is 0.520. The highest BCUT2D eigenvalue weighted by Crippen LogP contribution is 2.31. The maximum atomic E-state index is 11.0. The van der Waals surface area contributed by atoms with Crippen molar-refractivity contribution in [3.8, 4) is 6.07 Å². The Morgan fingerprint density at radius 3 is 2.50 bits per heavy atom. The maximum absolute atomic E-state index is 11.0. The molecule has 3 heteroatoms. The third kappa shape index (κ3) is 5.86. The number of carboxylic acids is 1. The van der Waals surface area contributed by atoms with E-state index in [0.29, 0.717) is 6.42 Å². The smallest absolute Gasteiger partial charge is 0.306 e. The normalized spacial score (nSPS) is 14.1. The molecular weight excluding hydrogens is 226 g/mol. The molecule has 0 aliphatic heterocycles. The zero-order valence-corrected chi connectivity index (χ0v) is 12.0. The van der Waals surface area contributed by atoms with E-state index >= 15 is 0 Å². The van der Waals surface area contributed by atoms with Gasteiger partial charge in [0.2, 0.25) is 0 Å². The van der Waals surface area contributed by atoms with E-state index in [1.807, 2.05) is 19.9 Å². The summed E-state index contributed by atoms with van der Waals surface area (Å²) in [5, 5.41) is 18.1. The van der Waals surface area contributed by atoms with Crippen LogP contribution in [0.1, 0.15) is 59.8 Å². The van der Waals surface area contributed by atoms with Crippen molar-refractivity contribution >= 4 is 5.97 Å². The standard InChI is InChI=1S/C15H25NO2/c1-5-6-7-8-13(11-16)9-10-15(3,4)12(2)14(17)18/h9,12H,5-8,10H2,1-4H3,(H,17,18)/b13-9-. The Morgan fingerprint density at radius 2 is 2.06 bits per heavy atom. The van der Waals surface area contributed by atoms with E-state index in [9.17, 15) is 4.79 Å². The van der Waals surface area contributed by atoms with Crippen LogP contribution in [0.15, 0.2) is 11.6 Å². The van der Waals surface area contributed by atoms with Gasteiger partial charge in [-0.2, -0.15) is 5.26 Å². The fourth-order valence-corrected chi connectivity index (χ4v) is 1.67. The summed E-state index contributed by atoms with van der Waals surface area (Å²) >= 11 is 0. The Hall–Kier alpha value is -1.30. The number of hydrogen-bond donors (Lipinski definition) is 1. The molecule has 0 aromatic heterocycles. The van der Waals surface area contributed by atoms with Crippen molar-refractivity contribution in [2.24, 2.45) is 11.3 Å². The summed E-state index contributed by atoms with van der Waals surface area (Å²) in [5.41, 5.74) is 0.465. The highest BCUT2D eigenvalue weighted by Gasteiger charge is 2.30. The first-order chi connectivity index (χ1) is 8.35. The van der Waals surface area contributed by atoms with Crippen molar-refractivity contribution in [3.63, 3.8) is 0 Å². The largest absolute Gasteiger partial charge is 0.481 e. The van der Waals surface area contributed by atoms with Crippen molar-refractivity contribution in [2.75, 3.05) is 0 Å². The summed E-state index contributed by atoms with van der Waals surface area (Å²) in [6, 6.07) is 2.22. The molecule has 0 aliphatic carbocycles. The lowest BCUT2D eigenvalue weighted by atomic mass is 9.77. The molecule has 0 aromatic carbocycles. The van der Waals surface area contributed by atoms with E-state index in [-0.39, 0.29) is 5.41 Å². The fraction of sp³-hybridized carbons (Fsp3) is 0.733. The molecule has 1 atom stereocenters. The minimum absolute atomic E-state index is 0.321. The average Bonchev–Trinajstić information content (AvgIpc) is 2.32. The molecule has 0 amide bonds. The lowest BCUT2D eigenvalue weighted by Crippen LogP contribution is -2.28. The molecule has 0 aliphatic rings. The number of rotatable bonds is 8. The van der Waals surface area contributed by atoms with Crippen LogP contribution in [-0.4, -0.2) is 11.1 Å². The van der Waals surface area contributed by atoms with E-state index in [1.165, 1.54) is 0 Å². The lowest BCUT2D eigenvalue weighted by Gasteiger charge is -2.27. The van der Waals surface area contributed by atoms with Crippen molar-refractivity contribution in [2.45, 2.75) is 59.8 Å². The first-order valence-electron chi connectivity index (χ1n) is 6.67. The van der Waals surface area contributed by atoms with Gasteiger partial charge in [0.25, 0.3) is 0 Å². The van der Waals surface area contributed by atoms with Gasteiger partial charge in [-0.1, -0.05) is 46.6 Å².